The van der Waals surface area contributed by atoms with Crippen molar-refractivity contribution in [1.29, 1.82) is 0 Å². The number of ketones is 1. The van der Waals surface area contributed by atoms with Crippen LogP contribution in [0.3, 0.4) is 0 Å². The molecule has 0 heterocycles. The minimum Gasteiger partial charge on any atom is -0.458 e. The van der Waals surface area contributed by atoms with Gasteiger partial charge in [-0.05, 0) is 80.0 Å². The molecule has 4 heteroatoms. The Morgan fingerprint density at radius 2 is 1.93 bits per heavy atom. The van der Waals surface area contributed by atoms with Gasteiger partial charge in [0.2, 0.25) is 0 Å². The van der Waals surface area contributed by atoms with Crippen LogP contribution in [-0.4, -0.2) is 29.6 Å². The molecule has 7 atom stereocenters. The van der Waals surface area contributed by atoms with Crippen LogP contribution in [0.1, 0.15) is 72.1 Å². The fraction of sp³-hybridized carbons (Fsp3) is 0.826. The van der Waals surface area contributed by atoms with Crippen molar-refractivity contribution in [3.63, 3.8) is 0 Å². The number of aliphatic hydroxyl groups excluding tert-OH is 1. The van der Waals surface area contributed by atoms with Gasteiger partial charge in [0, 0.05) is 12.8 Å². The van der Waals surface area contributed by atoms with Crippen LogP contribution in [-0.2, 0) is 14.3 Å². The van der Waals surface area contributed by atoms with Gasteiger partial charge in [-0.25, -0.2) is 0 Å². The molecule has 0 aromatic heterocycles. The van der Waals surface area contributed by atoms with E-state index in [0.29, 0.717) is 17.8 Å². The first-order chi connectivity index (χ1) is 12.8. The lowest BCUT2D eigenvalue weighted by Crippen LogP contribution is -2.51. The SMILES string of the molecule is CC(=O)OCC(=O)[C@@H]1CC[C@H]2[C@@H]3CC=C4C[C@H](O)CC[C@]4(C)[C@H]3CC[C@]12C. The predicted octanol–water partition coefficient (Wildman–Crippen LogP) is 4.06. The lowest BCUT2D eigenvalue weighted by molar-refractivity contribution is -0.149. The van der Waals surface area contributed by atoms with Crippen LogP contribution in [0.25, 0.3) is 0 Å². The number of fused-ring (bicyclic) bond motifs is 5. The molecule has 0 bridgehead atoms. The van der Waals surface area contributed by atoms with Crippen molar-refractivity contribution in [2.45, 2.75) is 78.2 Å². The summed E-state index contributed by atoms with van der Waals surface area (Å²) < 4.78 is 5.02. The van der Waals surface area contributed by atoms with E-state index in [1.807, 2.05) is 0 Å². The van der Waals surface area contributed by atoms with E-state index >= 15 is 0 Å². The molecule has 0 radical (unpaired) electrons. The van der Waals surface area contributed by atoms with E-state index in [2.05, 4.69) is 19.9 Å². The van der Waals surface area contributed by atoms with E-state index in [4.69, 9.17) is 4.74 Å². The zero-order valence-corrected chi connectivity index (χ0v) is 17.0. The molecular formula is C23H34O4. The summed E-state index contributed by atoms with van der Waals surface area (Å²) in [4.78, 5) is 23.9. The molecule has 0 aromatic carbocycles. The summed E-state index contributed by atoms with van der Waals surface area (Å²) in [5, 5.41) is 10.1. The second-order valence-corrected chi connectivity index (χ2v) is 10.1. The smallest absolute Gasteiger partial charge is 0.303 e. The van der Waals surface area contributed by atoms with Gasteiger partial charge in [0.1, 0.15) is 6.61 Å². The number of carbonyl (C=O) groups is 2. The molecule has 3 saturated carbocycles. The third kappa shape index (κ3) is 2.99. The molecule has 0 saturated heterocycles. The quantitative estimate of drug-likeness (QED) is 0.598. The fourth-order valence-corrected chi connectivity index (χ4v) is 7.44. The van der Waals surface area contributed by atoms with Crippen LogP contribution in [0.2, 0.25) is 0 Å². The highest BCUT2D eigenvalue weighted by atomic mass is 16.5. The Labute approximate surface area is 162 Å². The van der Waals surface area contributed by atoms with Crippen molar-refractivity contribution in [2.24, 2.45) is 34.5 Å². The molecule has 150 valence electrons. The third-order valence-electron chi connectivity index (χ3n) is 8.88. The highest BCUT2D eigenvalue weighted by Gasteiger charge is 2.59. The van der Waals surface area contributed by atoms with Crippen LogP contribution >= 0.6 is 0 Å². The average molecular weight is 375 g/mol. The van der Waals surface area contributed by atoms with Gasteiger partial charge in [-0.15, -0.1) is 0 Å². The number of aliphatic hydroxyl groups is 1. The summed E-state index contributed by atoms with van der Waals surface area (Å²) in [7, 11) is 0. The Morgan fingerprint density at radius 1 is 1.15 bits per heavy atom. The van der Waals surface area contributed by atoms with Gasteiger partial charge in [0.25, 0.3) is 0 Å². The van der Waals surface area contributed by atoms with E-state index in [1.54, 1.807) is 0 Å². The number of rotatable bonds is 3. The lowest BCUT2D eigenvalue weighted by Gasteiger charge is -2.57. The maximum atomic E-state index is 12.8. The second-order valence-electron chi connectivity index (χ2n) is 10.1. The van der Waals surface area contributed by atoms with Gasteiger partial charge >= 0.3 is 5.97 Å². The molecule has 0 aromatic rings. The minimum atomic E-state index is -0.371. The van der Waals surface area contributed by atoms with Crippen LogP contribution in [0.4, 0.5) is 0 Å². The summed E-state index contributed by atoms with van der Waals surface area (Å²) >= 11 is 0. The molecule has 4 rings (SSSR count). The maximum Gasteiger partial charge on any atom is 0.303 e. The number of carbonyl (C=O) groups excluding carboxylic acids is 2. The maximum absolute atomic E-state index is 12.8. The number of ether oxygens (including phenoxy) is 1. The minimum absolute atomic E-state index is 0.0363. The van der Waals surface area contributed by atoms with Crippen LogP contribution in [0, 0.1) is 34.5 Å². The van der Waals surface area contributed by atoms with E-state index < -0.39 is 0 Å². The average Bonchev–Trinajstić information content (AvgIpc) is 2.97. The predicted molar refractivity (Wildman–Crippen MR) is 103 cm³/mol. The van der Waals surface area contributed by atoms with E-state index in [9.17, 15) is 14.7 Å². The first-order valence-electron chi connectivity index (χ1n) is 10.8. The summed E-state index contributed by atoms with van der Waals surface area (Å²) in [6.45, 7) is 6.06. The van der Waals surface area contributed by atoms with Gasteiger partial charge in [0.05, 0.1) is 6.10 Å². The van der Waals surface area contributed by atoms with Crippen molar-refractivity contribution in [3.8, 4) is 0 Å². The van der Waals surface area contributed by atoms with Crippen molar-refractivity contribution < 1.29 is 19.4 Å². The molecule has 4 nitrogen and oxygen atoms in total. The van der Waals surface area contributed by atoms with Gasteiger partial charge < -0.3 is 9.84 Å². The van der Waals surface area contributed by atoms with Crippen LogP contribution < -0.4 is 0 Å². The summed E-state index contributed by atoms with van der Waals surface area (Å²) in [6, 6.07) is 0. The Bertz CT molecular complexity index is 667. The Kier molecular flexibility index (Phi) is 4.77. The molecule has 0 unspecified atom stereocenters. The van der Waals surface area contributed by atoms with Crippen molar-refractivity contribution in [3.05, 3.63) is 11.6 Å². The fourth-order valence-electron chi connectivity index (χ4n) is 7.44. The first kappa shape index (κ1) is 19.2. The molecule has 4 aliphatic carbocycles. The van der Waals surface area contributed by atoms with Crippen LogP contribution in [0.5, 0.6) is 0 Å². The van der Waals surface area contributed by atoms with Gasteiger partial charge in [-0.3, -0.25) is 9.59 Å². The van der Waals surface area contributed by atoms with Crippen LogP contribution in [0.15, 0.2) is 11.6 Å². The first-order valence-corrected chi connectivity index (χ1v) is 10.8. The summed E-state index contributed by atoms with van der Waals surface area (Å²) in [5.74, 6) is 1.71. The van der Waals surface area contributed by atoms with Gasteiger partial charge in [-0.2, -0.15) is 0 Å². The number of esters is 1. The number of hydrogen-bond acceptors (Lipinski definition) is 4. The number of Topliss-reactive ketones (excluding diaryl/α,β-unsaturated/α-hetero) is 1. The van der Waals surface area contributed by atoms with E-state index in [1.165, 1.54) is 18.9 Å². The molecule has 0 amide bonds. The second kappa shape index (κ2) is 6.72. The highest BCUT2D eigenvalue weighted by Crippen LogP contribution is 2.66. The Morgan fingerprint density at radius 3 is 2.67 bits per heavy atom. The normalized spacial score (nSPS) is 45.9. The number of allylic oxidation sites excluding steroid dienone is 1. The van der Waals surface area contributed by atoms with Crippen molar-refractivity contribution >= 4 is 11.8 Å². The molecule has 0 spiro atoms. The zero-order valence-electron chi connectivity index (χ0n) is 17.0. The molecule has 0 aliphatic heterocycles. The van der Waals surface area contributed by atoms with Crippen molar-refractivity contribution in [2.75, 3.05) is 6.61 Å². The summed E-state index contributed by atoms with van der Waals surface area (Å²) in [6.07, 6.45) is 10.6. The summed E-state index contributed by atoms with van der Waals surface area (Å²) in [5.41, 5.74) is 1.78. The van der Waals surface area contributed by atoms with E-state index in [-0.39, 0.29) is 41.2 Å². The van der Waals surface area contributed by atoms with Gasteiger partial charge in [-0.1, -0.05) is 25.5 Å². The topological polar surface area (TPSA) is 63.6 Å². The molecule has 1 N–H and O–H groups in total. The van der Waals surface area contributed by atoms with E-state index in [0.717, 1.165) is 44.9 Å². The highest BCUT2D eigenvalue weighted by molar-refractivity contribution is 5.85. The molecular weight excluding hydrogens is 340 g/mol. The zero-order chi connectivity index (χ0) is 19.4. The third-order valence-corrected chi connectivity index (χ3v) is 8.88. The Hall–Kier alpha value is -1.16. The van der Waals surface area contributed by atoms with Crippen molar-refractivity contribution in [1.82, 2.24) is 0 Å². The Balaban J connectivity index is 1.55. The molecule has 27 heavy (non-hydrogen) atoms. The lowest BCUT2D eigenvalue weighted by atomic mass is 9.47. The standard InChI is InChI=1S/C23H34O4/c1-14(24)27-13-21(26)20-7-6-18-17-5-4-15-12-16(25)8-10-22(15,2)19(17)9-11-23(18,20)3/h4,16-20,25H,5-13H2,1-3H3/t16-,17+,18+,19+,20+,22+,23+/m1/s1. The molecule has 3 fully saturated rings. The monoisotopic (exact) mass is 374 g/mol. The number of hydrogen-bond donors (Lipinski definition) is 1. The molecule has 4 aliphatic rings. The largest absolute Gasteiger partial charge is 0.458 e. The van der Waals surface area contributed by atoms with Gasteiger partial charge in [0.15, 0.2) is 5.78 Å².